The third-order valence-electron chi connectivity index (χ3n) is 3.95. The SMILES string of the molecule is CCOC(=O)c1sc2sc(C(=O)OCC)c3c2c1N=C(Nc1ccccc1)N3. The van der Waals surface area contributed by atoms with Crippen molar-refractivity contribution in [1.82, 2.24) is 0 Å². The van der Waals surface area contributed by atoms with Crippen LogP contribution in [0.4, 0.5) is 17.1 Å². The smallest absolute Gasteiger partial charge is 0.350 e. The third-order valence-corrected chi connectivity index (χ3v) is 6.37. The number of benzene rings is 1. The molecule has 0 radical (unpaired) electrons. The zero-order chi connectivity index (χ0) is 19.7. The number of ether oxygens (including phenoxy) is 2. The van der Waals surface area contributed by atoms with Gasteiger partial charge in [0.05, 0.1) is 28.3 Å². The normalized spacial score (nSPS) is 12.3. The van der Waals surface area contributed by atoms with E-state index in [-0.39, 0.29) is 13.2 Å². The van der Waals surface area contributed by atoms with Gasteiger partial charge in [-0.2, -0.15) is 0 Å². The van der Waals surface area contributed by atoms with Crippen molar-refractivity contribution in [3.8, 4) is 0 Å². The van der Waals surface area contributed by atoms with E-state index >= 15 is 0 Å². The second-order valence-corrected chi connectivity index (χ2v) is 8.07. The van der Waals surface area contributed by atoms with E-state index in [4.69, 9.17) is 9.47 Å². The number of para-hydroxylation sites is 1. The number of guanidine groups is 1. The van der Waals surface area contributed by atoms with Gasteiger partial charge in [-0.1, -0.05) is 18.2 Å². The highest BCUT2D eigenvalue weighted by Gasteiger charge is 2.31. The van der Waals surface area contributed by atoms with Gasteiger partial charge in [0.2, 0.25) is 5.96 Å². The minimum absolute atomic E-state index is 0.280. The lowest BCUT2D eigenvalue weighted by Gasteiger charge is -2.17. The molecule has 3 aromatic rings. The summed E-state index contributed by atoms with van der Waals surface area (Å²) in [6, 6.07) is 9.51. The Kier molecular flexibility index (Phi) is 5.01. The molecule has 2 N–H and O–H groups in total. The summed E-state index contributed by atoms with van der Waals surface area (Å²) >= 11 is 2.56. The van der Waals surface area contributed by atoms with E-state index in [0.29, 0.717) is 27.1 Å². The first kappa shape index (κ1) is 18.5. The van der Waals surface area contributed by atoms with Gasteiger partial charge in [0.15, 0.2) is 0 Å². The molecule has 0 saturated heterocycles. The maximum Gasteiger partial charge on any atom is 0.350 e. The van der Waals surface area contributed by atoms with Gasteiger partial charge in [-0.05, 0) is 26.0 Å². The van der Waals surface area contributed by atoms with Crippen molar-refractivity contribution < 1.29 is 19.1 Å². The molecule has 0 fully saturated rings. The number of hydrogen-bond acceptors (Lipinski definition) is 9. The summed E-state index contributed by atoms with van der Waals surface area (Å²) in [5.41, 5.74) is 1.94. The van der Waals surface area contributed by atoms with Gasteiger partial charge in [0, 0.05) is 5.69 Å². The van der Waals surface area contributed by atoms with Crippen LogP contribution in [0.3, 0.4) is 0 Å². The summed E-state index contributed by atoms with van der Waals surface area (Å²) in [6.45, 7) is 4.09. The van der Waals surface area contributed by atoms with Crippen molar-refractivity contribution in [3.05, 3.63) is 40.1 Å². The average molecular weight is 415 g/mol. The second-order valence-electron chi connectivity index (χ2n) is 5.77. The number of hydrogen-bond donors (Lipinski definition) is 2. The van der Waals surface area contributed by atoms with Crippen LogP contribution in [-0.4, -0.2) is 31.1 Å². The fraction of sp³-hybridized carbons (Fsp3) is 0.211. The van der Waals surface area contributed by atoms with Crippen LogP contribution in [0.25, 0.3) is 9.40 Å². The van der Waals surface area contributed by atoms with Crippen molar-refractivity contribution in [2.75, 3.05) is 23.8 Å². The van der Waals surface area contributed by atoms with E-state index in [2.05, 4.69) is 15.6 Å². The third kappa shape index (κ3) is 3.23. The fourth-order valence-corrected chi connectivity index (χ4v) is 5.25. The molecular weight excluding hydrogens is 398 g/mol. The Morgan fingerprint density at radius 3 is 2.36 bits per heavy atom. The van der Waals surface area contributed by atoms with E-state index in [9.17, 15) is 9.59 Å². The van der Waals surface area contributed by atoms with Gasteiger partial charge >= 0.3 is 11.9 Å². The Labute approximate surface area is 169 Å². The molecule has 0 amide bonds. The van der Waals surface area contributed by atoms with E-state index < -0.39 is 11.9 Å². The Balaban J connectivity index is 1.81. The summed E-state index contributed by atoms with van der Waals surface area (Å²) in [5, 5.41) is 7.12. The number of esters is 2. The predicted octanol–water partition coefficient (Wildman–Crippen LogP) is 4.84. The monoisotopic (exact) mass is 415 g/mol. The lowest BCUT2D eigenvalue weighted by Crippen LogP contribution is -2.24. The van der Waals surface area contributed by atoms with Crippen LogP contribution >= 0.6 is 22.7 Å². The van der Waals surface area contributed by atoms with Crippen LogP contribution in [0, 0.1) is 0 Å². The van der Waals surface area contributed by atoms with Crippen molar-refractivity contribution in [1.29, 1.82) is 0 Å². The molecule has 1 aromatic carbocycles. The molecule has 0 bridgehead atoms. The Hall–Kier alpha value is -2.91. The number of anilines is 2. The highest BCUT2D eigenvalue weighted by Crippen LogP contribution is 2.50. The first-order valence-electron chi connectivity index (χ1n) is 8.73. The summed E-state index contributed by atoms with van der Waals surface area (Å²) in [4.78, 5) is 30.3. The summed E-state index contributed by atoms with van der Waals surface area (Å²) in [6.07, 6.45) is 0. The average Bonchev–Trinajstić information content (AvgIpc) is 3.23. The molecule has 9 heteroatoms. The Morgan fingerprint density at radius 1 is 1.04 bits per heavy atom. The Morgan fingerprint density at radius 2 is 1.68 bits per heavy atom. The van der Waals surface area contributed by atoms with E-state index in [1.54, 1.807) is 13.8 Å². The van der Waals surface area contributed by atoms with Gasteiger partial charge in [0.1, 0.15) is 15.4 Å². The highest BCUT2D eigenvalue weighted by molar-refractivity contribution is 7.40. The van der Waals surface area contributed by atoms with E-state index in [1.807, 2.05) is 30.3 Å². The lowest BCUT2D eigenvalue weighted by atomic mass is 10.2. The maximum atomic E-state index is 12.4. The predicted molar refractivity (Wildman–Crippen MR) is 112 cm³/mol. The standard InChI is InChI=1S/C19H17N3O4S2/c1-3-25-16(23)14-12-11-13(15(17(24)26-4-2)28-18(11)27-14)22-19(21-12)20-10-8-6-5-7-9-10/h5-9H,3-4H2,1-2H3,(H2,20,21,22). The molecule has 1 aliphatic rings. The topological polar surface area (TPSA) is 89.0 Å². The van der Waals surface area contributed by atoms with Crippen LogP contribution in [0.15, 0.2) is 35.3 Å². The van der Waals surface area contributed by atoms with Gasteiger partial charge in [0.25, 0.3) is 0 Å². The Bertz CT molecular complexity index is 1090. The summed E-state index contributed by atoms with van der Waals surface area (Å²) in [7, 11) is 0. The second kappa shape index (κ2) is 7.61. The van der Waals surface area contributed by atoms with Gasteiger partial charge < -0.3 is 20.1 Å². The van der Waals surface area contributed by atoms with Gasteiger partial charge in [-0.3, -0.25) is 0 Å². The zero-order valence-electron chi connectivity index (χ0n) is 15.2. The van der Waals surface area contributed by atoms with Crippen LogP contribution in [0.5, 0.6) is 0 Å². The van der Waals surface area contributed by atoms with Crippen LogP contribution in [0.1, 0.15) is 33.2 Å². The molecule has 4 rings (SSSR count). The van der Waals surface area contributed by atoms with Crippen LogP contribution in [-0.2, 0) is 9.47 Å². The lowest BCUT2D eigenvalue weighted by molar-refractivity contribution is 0.0524. The molecular formula is C19H17N3O4S2. The van der Waals surface area contributed by atoms with Crippen molar-refractivity contribution in [2.24, 2.45) is 4.99 Å². The molecule has 0 saturated carbocycles. The molecule has 0 aliphatic carbocycles. The number of rotatable bonds is 5. The molecule has 1 aliphatic heterocycles. The quantitative estimate of drug-likeness (QED) is 0.580. The highest BCUT2D eigenvalue weighted by atomic mass is 32.2. The fourth-order valence-electron chi connectivity index (χ4n) is 2.83. The number of nitrogens with one attached hydrogen (secondary N) is 2. The van der Waals surface area contributed by atoms with Gasteiger partial charge in [-0.15, -0.1) is 22.7 Å². The largest absolute Gasteiger partial charge is 0.462 e. The number of carbonyl (C=O) groups excluding carboxylic acids is 2. The van der Waals surface area contributed by atoms with E-state index in [1.165, 1.54) is 22.7 Å². The first-order chi connectivity index (χ1) is 13.6. The van der Waals surface area contributed by atoms with Crippen LogP contribution in [0.2, 0.25) is 0 Å². The maximum absolute atomic E-state index is 12.4. The minimum atomic E-state index is -0.417. The molecule has 0 atom stereocenters. The summed E-state index contributed by atoms with van der Waals surface area (Å²) < 4.78 is 11.2. The molecule has 0 spiro atoms. The first-order valence-corrected chi connectivity index (χ1v) is 10.4. The minimum Gasteiger partial charge on any atom is -0.462 e. The molecule has 28 heavy (non-hydrogen) atoms. The summed E-state index contributed by atoms with van der Waals surface area (Å²) in [5.74, 6) is -0.393. The molecule has 2 aromatic heterocycles. The van der Waals surface area contributed by atoms with Crippen molar-refractivity contribution in [2.45, 2.75) is 13.8 Å². The van der Waals surface area contributed by atoms with E-state index in [0.717, 1.165) is 15.1 Å². The van der Waals surface area contributed by atoms with Gasteiger partial charge in [-0.25, -0.2) is 14.6 Å². The molecule has 0 unspecified atom stereocenters. The van der Waals surface area contributed by atoms with Crippen molar-refractivity contribution in [3.63, 3.8) is 0 Å². The van der Waals surface area contributed by atoms with Crippen LogP contribution < -0.4 is 10.6 Å². The molecule has 3 heterocycles. The molecule has 7 nitrogen and oxygen atoms in total. The van der Waals surface area contributed by atoms with Crippen molar-refractivity contribution >= 4 is 67.0 Å². The molecule has 144 valence electrons. The number of aliphatic imine (C=N–C) groups is 1. The number of nitrogens with zero attached hydrogens (tertiary/aromatic N) is 1. The number of carbonyl (C=O) groups is 2. The number of thiophene rings is 2. The zero-order valence-corrected chi connectivity index (χ0v) is 16.8.